The number of carbonyl (C=O) groups excluding carboxylic acids is 1. The molecule has 2 aromatic rings. The van der Waals surface area contributed by atoms with E-state index in [0.717, 1.165) is 0 Å². The van der Waals surface area contributed by atoms with E-state index < -0.39 is 0 Å². The molecule has 2 amide bonds. The number of nitrogens with zero attached hydrogens (tertiary/aromatic N) is 2. The molecule has 0 unspecified atom stereocenters. The zero-order valence-corrected chi connectivity index (χ0v) is 18.1. The molecule has 0 aliphatic carbocycles. The van der Waals surface area contributed by atoms with Crippen molar-refractivity contribution < 1.29 is 13.9 Å². The van der Waals surface area contributed by atoms with Crippen molar-refractivity contribution >= 4 is 28.7 Å². The molecule has 0 saturated carbocycles. The summed E-state index contributed by atoms with van der Waals surface area (Å²) in [6.07, 6.45) is 0.101. The Kier molecular flexibility index (Phi) is 7.10. The Labute approximate surface area is 175 Å². The highest BCUT2D eigenvalue weighted by Crippen LogP contribution is 2.26. The summed E-state index contributed by atoms with van der Waals surface area (Å²) in [5.74, 6) is -0.353. The van der Waals surface area contributed by atoms with Crippen molar-refractivity contribution in [2.75, 3.05) is 43.9 Å². The van der Waals surface area contributed by atoms with E-state index in [9.17, 15) is 9.18 Å². The fourth-order valence-corrected chi connectivity index (χ4v) is 4.52. The summed E-state index contributed by atoms with van der Waals surface area (Å²) < 4.78 is 20.4. The predicted molar refractivity (Wildman–Crippen MR) is 116 cm³/mol. The fraction of sp³-hybridized carbons (Fsp3) is 0.476. The number of likely N-dealkylation sites (N-methyl/N-ethyl adjacent to an activating group) is 1. The quantitative estimate of drug-likeness (QED) is 0.744. The van der Waals surface area contributed by atoms with Gasteiger partial charge in [0.05, 0.1) is 23.9 Å². The maximum Gasteiger partial charge on any atom is 0.319 e. The summed E-state index contributed by atoms with van der Waals surface area (Å²) in [4.78, 5) is 17.5. The van der Waals surface area contributed by atoms with Gasteiger partial charge in [-0.25, -0.2) is 9.18 Å². The number of halogens is 1. The summed E-state index contributed by atoms with van der Waals surface area (Å²) in [5, 5.41) is 7.62. The van der Waals surface area contributed by atoms with Crippen molar-refractivity contribution in [1.29, 1.82) is 0 Å². The molecule has 3 rings (SSSR count). The molecule has 8 heteroatoms. The molecular formula is C21H29FN4O2S. The molecule has 0 spiro atoms. The van der Waals surface area contributed by atoms with Gasteiger partial charge in [0.25, 0.3) is 0 Å². The summed E-state index contributed by atoms with van der Waals surface area (Å²) >= 11 is 1.66. The standard InChI is InChI=1S/C21H29FN4O2S/c1-14-12-26(13-15(2)28-14)18-8-7-16(10-17(18)22)24-21(27)23-11-19(25(3)4)20-6-5-9-29-20/h5-10,14-15,19H,11-13H2,1-4H3,(H2,23,24,27)/t14-,15-,19-/m1/s1. The molecule has 29 heavy (non-hydrogen) atoms. The third kappa shape index (κ3) is 5.68. The van der Waals surface area contributed by atoms with Crippen LogP contribution >= 0.6 is 11.3 Å². The van der Waals surface area contributed by atoms with E-state index in [1.54, 1.807) is 23.5 Å². The lowest BCUT2D eigenvalue weighted by molar-refractivity contribution is -0.00539. The van der Waals surface area contributed by atoms with Gasteiger partial charge in [-0.05, 0) is 57.6 Å². The third-order valence-electron chi connectivity index (χ3n) is 4.92. The average molecular weight is 421 g/mol. The Morgan fingerprint density at radius 1 is 1.31 bits per heavy atom. The Hall–Kier alpha value is -2.16. The second kappa shape index (κ2) is 9.56. The van der Waals surface area contributed by atoms with Crippen LogP contribution in [0.2, 0.25) is 0 Å². The van der Waals surface area contributed by atoms with Gasteiger partial charge >= 0.3 is 6.03 Å². The lowest BCUT2D eigenvalue weighted by Crippen LogP contribution is -2.45. The van der Waals surface area contributed by atoms with Gasteiger partial charge in [-0.15, -0.1) is 11.3 Å². The lowest BCUT2D eigenvalue weighted by Gasteiger charge is -2.37. The minimum absolute atomic E-state index is 0.0507. The first-order chi connectivity index (χ1) is 13.8. The van der Waals surface area contributed by atoms with E-state index in [4.69, 9.17) is 4.74 Å². The van der Waals surface area contributed by atoms with Crippen LogP contribution < -0.4 is 15.5 Å². The van der Waals surface area contributed by atoms with E-state index in [1.165, 1.54) is 10.9 Å². The minimum Gasteiger partial charge on any atom is -0.372 e. The van der Waals surface area contributed by atoms with Crippen molar-refractivity contribution in [1.82, 2.24) is 10.2 Å². The highest BCUT2D eigenvalue weighted by atomic mass is 32.1. The third-order valence-corrected chi connectivity index (χ3v) is 5.89. The van der Waals surface area contributed by atoms with E-state index in [-0.39, 0.29) is 30.1 Å². The van der Waals surface area contributed by atoms with Crippen LogP contribution in [0.5, 0.6) is 0 Å². The number of rotatable bonds is 6. The summed E-state index contributed by atoms with van der Waals surface area (Å²) in [5.41, 5.74) is 0.957. The van der Waals surface area contributed by atoms with Crippen LogP contribution in [-0.2, 0) is 4.74 Å². The molecule has 1 aromatic carbocycles. The molecule has 3 atom stereocenters. The van der Waals surface area contributed by atoms with Gasteiger partial charge in [0.2, 0.25) is 0 Å². The Morgan fingerprint density at radius 3 is 2.62 bits per heavy atom. The normalized spacial score (nSPS) is 20.6. The first kappa shape index (κ1) is 21.5. The molecule has 1 fully saturated rings. The molecule has 1 aromatic heterocycles. The molecule has 0 radical (unpaired) electrons. The smallest absolute Gasteiger partial charge is 0.319 e. The van der Waals surface area contributed by atoms with Gasteiger partial charge < -0.3 is 25.2 Å². The number of urea groups is 1. The van der Waals surface area contributed by atoms with Gasteiger partial charge in [0.1, 0.15) is 5.82 Å². The second-order valence-electron chi connectivity index (χ2n) is 7.66. The molecule has 158 valence electrons. The summed E-state index contributed by atoms with van der Waals surface area (Å²) in [6, 6.07) is 8.59. The highest BCUT2D eigenvalue weighted by molar-refractivity contribution is 7.10. The Bertz CT molecular complexity index is 805. The molecular weight excluding hydrogens is 391 g/mol. The van der Waals surface area contributed by atoms with Gasteiger partial charge in [0.15, 0.2) is 0 Å². The molecule has 2 heterocycles. The molecule has 1 saturated heterocycles. The van der Waals surface area contributed by atoms with Crippen LogP contribution in [0.1, 0.15) is 24.8 Å². The van der Waals surface area contributed by atoms with Crippen LogP contribution in [0.15, 0.2) is 35.7 Å². The summed E-state index contributed by atoms with van der Waals surface area (Å²) in [6.45, 7) is 5.71. The second-order valence-corrected chi connectivity index (χ2v) is 8.64. The highest BCUT2D eigenvalue weighted by Gasteiger charge is 2.24. The number of carbonyl (C=O) groups is 1. The number of morpholine rings is 1. The van der Waals surface area contributed by atoms with Gasteiger partial charge in [-0.1, -0.05) is 6.07 Å². The van der Waals surface area contributed by atoms with E-state index in [2.05, 4.69) is 21.6 Å². The number of hydrogen-bond donors (Lipinski definition) is 2. The Balaban J connectivity index is 1.58. The number of thiophene rings is 1. The summed E-state index contributed by atoms with van der Waals surface area (Å²) in [7, 11) is 3.96. The van der Waals surface area contributed by atoms with Crippen molar-refractivity contribution in [3.8, 4) is 0 Å². The van der Waals surface area contributed by atoms with Crippen molar-refractivity contribution in [3.05, 3.63) is 46.4 Å². The Morgan fingerprint density at radius 2 is 2.03 bits per heavy atom. The van der Waals surface area contributed by atoms with Gasteiger partial charge in [-0.2, -0.15) is 0 Å². The van der Waals surface area contributed by atoms with Crippen molar-refractivity contribution in [2.45, 2.75) is 32.1 Å². The topological polar surface area (TPSA) is 56.8 Å². The van der Waals surface area contributed by atoms with Crippen LogP contribution in [0.25, 0.3) is 0 Å². The molecule has 1 aliphatic heterocycles. The number of hydrogen-bond acceptors (Lipinski definition) is 5. The van der Waals surface area contributed by atoms with E-state index in [0.29, 0.717) is 31.0 Å². The van der Waals surface area contributed by atoms with Crippen LogP contribution in [0, 0.1) is 5.82 Å². The molecule has 1 aliphatic rings. The maximum atomic E-state index is 14.7. The fourth-order valence-electron chi connectivity index (χ4n) is 3.60. The van der Waals surface area contributed by atoms with Crippen LogP contribution in [0.3, 0.4) is 0 Å². The number of anilines is 2. The van der Waals surface area contributed by atoms with Gasteiger partial charge in [-0.3, -0.25) is 0 Å². The van der Waals surface area contributed by atoms with Crippen LogP contribution in [0.4, 0.5) is 20.6 Å². The number of amides is 2. The van der Waals surface area contributed by atoms with Crippen molar-refractivity contribution in [2.24, 2.45) is 0 Å². The molecule has 2 N–H and O–H groups in total. The van der Waals surface area contributed by atoms with Crippen LogP contribution in [-0.4, -0.2) is 56.9 Å². The lowest BCUT2D eigenvalue weighted by atomic mass is 10.2. The average Bonchev–Trinajstić information content (AvgIpc) is 3.15. The molecule has 0 bridgehead atoms. The monoisotopic (exact) mass is 420 g/mol. The minimum atomic E-state index is -0.353. The predicted octanol–water partition coefficient (Wildman–Crippen LogP) is 3.93. The van der Waals surface area contributed by atoms with Gasteiger partial charge in [0, 0.05) is 30.2 Å². The van der Waals surface area contributed by atoms with E-state index in [1.807, 2.05) is 44.3 Å². The van der Waals surface area contributed by atoms with E-state index >= 15 is 0 Å². The zero-order valence-electron chi connectivity index (χ0n) is 17.3. The maximum absolute atomic E-state index is 14.7. The number of benzene rings is 1. The number of ether oxygens (including phenoxy) is 1. The largest absolute Gasteiger partial charge is 0.372 e. The first-order valence-electron chi connectivity index (χ1n) is 9.78. The zero-order chi connectivity index (χ0) is 21.0. The molecule has 6 nitrogen and oxygen atoms in total. The number of nitrogens with one attached hydrogen (secondary N) is 2. The first-order valence-corrected chi connectivity index (χ1v) is 10.7. The van der Waals surface area contributed by atoms with Crippen molar-refractivity contribution in [3.63, 3.8) is 0 Å². The SMILES string of the molecule is C[C@@H]1CN(c2ccc(NC(=O)NC[C@H](c3cccs3)N(C)C)cc2F)C[C@@H](C)O1.